The average Bonchev–Trinajstić information content (AvgIpc) is 2.96. The Balaban J connectivity index is 1.79. The van der Waals surface area contributed by atoms with Crippen molar-refractivity contribution in [2.75, 3.05) is 13.1 Å². The third kappa shape index (κ3) is 2.94. The van der Waals surface area contributed by atoms with E-state index in [9.17, 15) is 9.59 Å². The lowest BCUT2D eigenvalue weighted by Gasteiger charge is -2.16. The first kappa shape index (κ1) is 11.8. The predicted molar refractivity (Wildman–Crippen MR) is 61.7 cm³/mol. The van der Waals surface area contributed by atoms with Gasteiger partial charge in [-0.15, -0.1) is 11.3 Å². The number of nitrogens with zero attached hydrogens (tertiary/aromatic N) is 2. The molecule has 1 aliphatic heterocycles. The van der Waals surface area contributed by atoms with Crippen LogP contribution in [0.15, 0.2) is 10.9 Å². The minimum absolute atomic E-state index is 0.221. The van der Waals surface area contributed by atoms with Crippen LogP contribution < -0.4 is 5.32 Å². The Bertz CT molecular complexity index is 407. The van der Waals surface area contributed by atoms with E-state index in [1.807, 2.05) is 5.38 Å². The number of rotatable bonds is 3. The number of thiazole rings is 1. The molecule has 2 heterocycles. The highest BCUT2D eigenvalue weighted by molar-refractivity contribution is 7.07. The number of aliphatic carboxylic acids is 1. The summed E-state index contributed by atoms with van der Waals surface area (Å²) in [4.78, 5) is 28.0. The minimum Gasteiger partial charge on any atom is -0.481 e. The molecule has 1 saturated heterocycles. The molecule has 2 N–H and O–H groups in total. The molecule has 6 nitrogen and oxygen atoms in total. The van der Waals surface area contributed by atoms with E-state index in [0.717, 1.165) is 5.69 Å². The van der Waals surface area contributed by atoms with Crippen LogP contribution in [-0.4, -0.2) is 40.1 Å². The van der Waals surface area contributed by atoms with Crippen LogP contribution in [0.5, 0.6) is 0 Å². The van der Waals surface area contributed by atoms with Gasteiger partial charge in [0.1, 0.15) is 0 Å². The van der Waals surface area contributed by atoms with Gasteiger partial charge in [0.2, 0.25) is 0 Å². The van der Waals surface area contributed by atoms with Crippen molar-refractivity contribution in [1.82, 2.24) is 15.2 Å². The molecule has 7 heteroatoms. The molecule has 0 spiro atoms. The van der Waals surface area contributed by atoms with Crippen LogP contribution in [0.1, 0.15) is 12.1 Å². The number of amides is 2. The molecule has 0 aliphatic carbocycles. The lowest BCUT2D eigenvalue weighted by molar-refractivity contribution is -0.141. The SMILES string of the molecule is O=C(O)C1CCN(C(=O)NCc2cscn2)C1. The summed E-state index contributed by atoms with van der Waals surface area (Å²) in [5, 5.41) is 13.4. The lowest BCUT2D eigenvalue weighted by atomic mass is 10.1. The summed E-state index contributed by atoms with van der Waals surface area (Å²) in [6, 6.07) is -0.221. The monoisotopic (exact) mass is 255 g/mol. The molecule has 0 saturated carbocycles. The van der Waals surface area contributed by atoms with Gasteiger partial charge in [-0.25, -0.2) is 9.78 Å². The van der Waals surface area contributed by atoms with Crippen LogP contribution in [0.25, 0.3) is 0 Å². The molecule has 92 valence electrons. The quantitative estimate of drug-likeness (QED) is 0.835. The molecular weight excluding hydrogens is 242 g/mol. The third-order valence-electron chi connectivity index (χ3n) is 2.73. The number of carbonyl (C=O) groups excluding carboxylic acids is 1. The van der Waals surface area contributed by atoms with Crippen molar-refractivity contribution in [2.24, 2.45) is 5.92 Å². The Labute approximate surface area is 102 Å². The molecule has 1 unspecified atom stereocenters. The zero-order valence-corrected chi connectivity index (χ0v) is 9.94. The van der Waals surface area contributed by atoms with Crippen LogP contribution >= 0.6 is 11.3 Å². The minimum atomic E-state index is -0.834. The summed E-state index contributed by atoms with van der Waals surface area (Å²) in [6.07, 6.45) is 0.527. The number of carboxylic acid groups (broad SMARTS) is 1. The number of hydrogen-bond acceptors (Lipinski definition) is 4. The lowest BCUT2D eigenvalue weighted by Crippen LogP contribution is -2.38. The van der Waals surface area contributed by atoms with Gasteiger partial charge in [0.05, 0.1) is 23.7 Å². The van der Waals surface area contributed by atoms with Gasteiger partial charge in [0, 0.05) is 18.5 Å². The Morgan fingerprint density at radius 1 is 1.65 bits per heavy atom. The van der Waals surface area contributed by atoms with Crippen LogP contribution in [0, 0.1) is 5.92 Å². The van der Waals surface area contributed by atoms with Gasteiger partial charge in [-0.05, 0) is 6.42 Å². The molecule has 0 aromatic carbocycles. The Morgan fingerprint density at radius 2 is 2.47 bits per heavy atom. The largest absolute Gasteiger partial charge is 0.481 e. The van der Waals surface area contributed by atoms with Crippen LogP contribution in [0.3, 0.4) is 0 Å². The molecule has 1 aromatic heterocycles. The molecule has 2 amide bonds. The van der Waals surface area contributed by atoms with Gasteiger partial charge in [-0.2, -0.15) is 0 Å². The highest BCUT2D eigenvalue weighted by Gasteiger charge is 2.30. The number of urea groups is 1. The van der Waals surface area contributed by atoms with Crippen molar-refractivity contribution < 1.29 is 14.7 Å². The highest BCUT2D eigenvalue weighted by Crippen LogP contribution is 2.16. The number of hydrogen-bond donors (Lipinski definition) is 2. The molecular formula is C10H13N3O3S. The fourth-order valence-electron chi connectivity index (χ4n) is 1.75. The topological polar surface area (TPSA) is 82.5 Å². The Kier molecular flexibility index (Phi) is 3.58. The number of carboxylic acids is 1. The van der Waals surface area contributed by atoms with Crippen molar-refractivity contribution in [3.63, 3.8) is 0 Å². The van der Waals surface area contributed by atoms with E-state index in [1.165, 1.54) is 16.2 Å². The first-order valence-corrected chi connectivity index (χ1v) is 6.23. The van der Waals surface area contributed by atoms with Crippen molar-refractivity contribution in [3.8, 4) is 0 Å². The standard InChI is InChI=1S/C10H13N3O3S/c14-9(15)7-1-2-13(4-7)10(16)11-3-8-5-17-6-12-8/h5-7H,1-4H2,(H,11,16)(H,14,15). The van der Waals surface area contributed by atoms with E-state index in [-0.39, 0.29) is 12.6 Å². The first-order chi connectivity index (χ1) is 8.16. The smallest absolute Gasteiger partial charge is 0.317 e. The summed E-state index contributed by atoms with van der Waals surface area (Å²) in [6.45, 7) is 1.18. The first-order valence-electron chi connectivity index (χ1n) is 5.29. The number of aromatic nitrogens is 1. The zero-order chi connectivity index (χ0) is 12.3. The molecule has 17 heavy (non-hydrogen) atoms. The maximum Gasteiger partial charge on any atom is 0.317 e. The summed E-state index contributed by atoms with van der Waals surface area (Å²) < 4.78 is 0. The van der Waals surface area contributed by atoms with Gasteiger partial charge in [-0.3, -0.25) is 4.79 Å². The van der Waals surface area contributed by atoms with E-state index >= 15 is 0 Å². The Hall–Kier alpha value is -1.63. The summed E-state index contributed by atoms with van der Waals surface area (Å²) in [5.41, 5.74) is 2.52. The second-order valence-electron chi connectivity index (χ2n) is 3.91. The number of nitrogens with one attached hydrogen (secondary N) is 1. The summed E-state index contributed by atoms with van der Waals surface area (Å²) >= 11 is 1.47. The van der Waals surface area contributed by atoms with Crippen molar-refractivity contribution in [3.05, 3.63) is 16.6 Å². The molecule has 1 atom stereocenters. The average molecular weight is 255 g/mol. The van der Waals surface area contributed by atoms with E-state index in [4.69, 9.17) is 5.11 Å². The van der Waals surface area contributed by atoms with Gasteiger partial charge >= 0.3 is 12.0 Å². The molecule has 0 bridgehead atoms. The predicted octanol–water partition coefficient (Wildman–Crippen LogP) is 0.759. The number of likely N-dealkylation sites (tertiary alicyclic amines) is 1. The van der Waals surface area contributed by atoms with E-state index < -0.39 is 11.9 Å². The van der Waals surface area contributed by atoms with Crippen LogP contribution in [0.2, 0.25) is 0 Å². The van der Waals surface area contributed by atoms with Crippen molar-refractivity contribution in [1.29, 1.82) is 0 Å². The van der Waals surface area contributed by atoms with Crippen LogP contribution in [0.4, 0.5) is 4.79 Å². The van der Waals surface area contributed by atoms with Crippen LogP contribution in [-0.2, 0) is 11.3 Å². The van der Waals surface area contributed by atoms with E-state index in [0.29, 0.717) is 19.5 Å². The second-order valence-corrected chi connectivity index (χ2v) is 4.63. The highest BCUT2D eigenvalue weighted by atomic mass is 32.1. The molecule has 0 radical (unpaired) electrons. The molecule has 1 aromatic rings. The molecule has 1 fully saturated rings. The van der Waals surface area contributed by atoms with E-state index in [2.05, 4.69) is 10.3 Å². The fraction of sp³-hybridized carbons (Fsp3) is 0.500. The second kappa shape index (κ2) is 5.13. The van der Waals surface area contributed by atoms with Gasteiger partial charge in [0.25, 0.3) is 0 Å². The van der Waals surface area contributed by atoms with Gasteiger partial charge < -0.3 is 15.3 Å². The molecule has 1 aliphatic rings. The number of carbonyl (C=O) groups is 2. The Morgan fingerprint density at radius 3 is 3.06 bits per heavy atom. The maximum absolute atomic E-state index is 11.7. The van der Waals surface area contributed by atoms with E-state index in [1.54, 1.807) is 5.51 Å². The van der Waals surface area contributed by atoms with Crippen molar-refractivity contribution in [2.45, 2.75) is 13.0 Å². The molecule has 2 rings (SSSR count). The van der Waals surface area contributed by atoms with Gasteiger partial charge in [0.15, 0.2) is 0 Å². The third-order valence-corrected chi connectivity index (χ3v) is 3.36. The summed E-state index contributed by atoms with van der Waals surface area (Å²) in [7, 11) is 0. The summed E-state index contributed by atoms with van der Waals surface area (Å²) in [5.74, 6) is -1.26. The van der Waals surface area contributed by atoms with Crippen molar-refractivity contribution >= 4 is 23.3 Å². The normalized spacial score (nSPS) is 19.3. The maximum atomic E-state index is 11.7. The van der Waals surface area contributed by atoms with Gasteiger partial charge in [-0.1, -0.05) is 0 Å². The zero-order valence-electron chi connectivity index (χ0n) is 9.13. The fourth-order valence-corrected chi connectivity index (χ4v) is 2.31.